The van der Waals surface area contributed by atoms with E-state index in [-0.39, 0.29) is 11.9 Å². The number of nitrogens with one attached hydrogen (secondary N) is 1. The smallest absolute Gasteiger partial charge is 0.128 e. The number of hydrogen-bond donors (Lipinski definition) is 1. The van der Waals surface area contributed by atoms with Crippen LogP contribution in [0, 0.1) is 11.6 Å². The van der Waals surface area contributed by atoms with Gasteiger partial charge in [0.2, 0.25) is 0 Å². The molecule has 0 unspecified atom stereocenters. The van der Waals surface area contributed by atoms with Crippen LogP contribution in [-0.2, 0) is 13.0 Å². The van der Waals surface area contributed by atoms with Crippen LogP contribution in [0.4, 0.5) is 8.78 Å². The largest absolute Gasteiger partial charge is 0.357 e. The van der Waals surface area contributed by atoms with E-state index in [2.05, 4.69) is 21.0 Å². The topological polar surface area (TPSA) is 36.9 Å². The second-order valence-corrected chi connectivity index (χ2v) is 7.54. The van der Waals surface area contributed by atoms with Gasteiger partial charge in [0.25, 0.3) is 0 Å². The van der Waals surface area contributed by atoms with Crippen molar-refractivity contribution in [3.8, 4) is 0 Å². The maximum atomic E-state index is 14.8. The van der Waals surface area contributed by atoms with Crippen molar-refractivity contribution in [3.05, 3.63) is 89.4 Å². The number of benzene rings is 2. The molecule has 1 atom stereocenters. The van der Waals surface area contributed by atoms with Gasteiger partial charge in [-0.05, 0) is 48.7 Å². The monoisotopic (exact) mass is 392 g/mol. The Morgan fingerprint density at radius 1 is 1.07 bits per heavy atom. The van der Waals surface area contributed by atoms with E-state index in [4.69, 9.17) is 0 Å². The number of aromatic nitrogens is 3. The van der Waals surface area contributed by atoms with E-state index in [1.165, 1.54) is 29.1 Å². The molecule has 0 spiro atoms. The molecule has 0 bridgehead atoms. The molecule has 5 rings (SSSR count). The first-order chi connectivity index (χ1) is 14.2. The Morgan fingerprint density at radius 3 is 2.83 bits per heavy atom. The molecule has 1 aliphatic rings. The third-order valence-electron chi connectivity index (χ3n) is 5.78. The van der Waals surface area contributed by atoms with Crippen LogP contribution in [0.15, 0.2) is 60.9 Å². The highest BCUT2D eigenvalue weighted by Crippen LogP contribution is 2.39. The normalized spacial score (nSPS) is 17.0. The van der Waals surface area contributed by atoms with Crippen molar-refractivity contribution in [3.63, 3.8) is 0 Å². The summed E-state index contributed by atoms with van der Waals surface area (Å²) in [5.74, 6) is -0.791. The summed E-state index contributed by atoms with van der Waals surface area (Å²) in [6.45, 7) is 2.37. The van der Waals surface area contributed by atoms with Gasteiger partial charge in [0.05, 0.1) is 6.04 Å². The van der Waals surface area contributed by atoms with Gasteiger partial charge < -0.3 is 4.98 Å². The van der Waals surface area contributed by atoms with E-state index in [1.54, 1.807) is 6.20 Å². The van der Waals surface area contributed by atoms with E-state index in [1.807, 2.05) is 35.1 Å². The van der Waals surface area contributed by atoms with Gasteiger partial charge >= 0.3 is 0 Å². The van der Waals surface area contributed by atoms with E-state index in [0.29, 0.717) is 5.56 Å². The number of H-pyrrole nitrogens is 1. The molecule has 0 aliphatic carbocycles. The fraction of sp³-hybridized carbons (Fsp3) is 0.261. The number of aromatic amines is 1. The van der Waals surface area contributed by atoms with Crippen molar-refractivity contribution < 1.29 is 8.78 Å². The number of halogens is 2. The number of nitrogens with zero attached hydrogens (tertiary/aromatic N) is 3. The Labute approximate surface area is 167 Å². The molecule has 1 N–H and O–H groups in total. The highest BCUT2D eigenvalue weighted by molar-refractivity contribution is 5.85. The summed E-state index contributed by atoms with van der Waals surface area (Å²) in [6, 6.07) is 13.4. The number of para-hydroxylation sites is 1. The lowest BCUT2D eigenvalue weighted by atomic mass is 9.92. The molecule has 6 heteroatoms. The quantitative estimate of drug-likeness (QED) is 0.535. The van der Waals surface area contributed by atoms with Crippen LogP contribution < -0.4 is 0 Å². The summed E-state index contributed by atoms with van der Waals surface area (Å²) in [6.07, 6.45) is 5.47. The average Bonchev–Trinajstić information content (AvgIpc) is 3.37. The lowest BCUT2D eigenvalue weighted by Crippen LogP contribution is -2.37. The fourth-order valence-corrected chi connectivity index (χ4v) is 4.48. The highest BCUT2D eigenvalue weighted by Gasteiger charge is 2.33. The summed E-state index contributed by atoms with van der Waals surface area (Å²) < 4.78 is 30.7. The van der Waals surface area contributed by atoms with Gasteiger partial charge in [0.1, 0.15) is 11.6 Å². The van der Waals surface area contributed by atoms with Crippen molar-refractivity contribution in [2.75, 3.05) is 13.1 Å². The minimum absolute atomic E-state index is 0.334. The minimum atomic E-state index is -0.416. The zero-order valence-corrected chi connectivity index (χ0v) is 16.0. The molecule has 0 saturated carbocycles. The van der Waals surface area contributed by atoms with Crippen molar-refractivity contribution in [1.29, 1.82) is 0 Å². The minimum Gasteiger partial charge on any atom is -0.357 e. The Bertz CT molecular complexity index is 1130. The number of rotatable bonds is 5. The van der Waals surface area contributed by atoms with Gasteiger partial charge in [-0.1, -0.05) is 18.2 Å². The maximum absolute atomic E-state index is 14.8. The van der Waals surface area contributed by atoms with Crippen LogP contribution in [0.1, 0.15) is 29.3 Å². The van der Waals surface area contributed by atoms with Crippen LogP contribution >= 0.6 is 0 Å². The van der Waals surface area contributed by atoms with Gasteiger partial charge in [-0.25, -0.2) is 8.78 Å². The standard InChI is InChI=1S/C23H22F2N4/c24-16-7-8-20(25)19(15-16)23-22-18(17-5-1-2-6-21(17)27-22)9-14-28(23)11-4-13-29-12-3-10-26-29/h1-3,5-8,10,12,15,23,27H,4,9,11,13-14H2/t23-/m1/s1. The molecular formula is C23H22F2N4. The van der Waals surface area contributed by atoms with Crippen molar-refractivity contribution >= 4 is 10.9 Å². The van der Waals surface area contributed by atoms with Crippen molar-refractivity contribution in [2.24, 2.45) is 0 Å². The zero-order chi connectivity index (χ0) is 19.8. The SMILES string of the molecule is Fc1ccc(F)c([C@@H]2c3[nH]c4ccccc4c3CCN2CCCn2cccn2)c1. The first kappa shape index (κ1) is 18.1. The second-order valence-electron chi connectivity index (χ2n) is 7.54. The zero-order valence-electron chi connectivity index (χ0n) is 16.0. The first-order valence-electron chi connectivity index (χ1n) is 9.96. The number of aryl methyl sites for hydroxylation is 1. The molecule has 2 aromatic heterocycles. The summed E-state index contributed by atoms with van der Waals surface area (Å²) >= 11 is 0. The molecule has 4 nitrogen and oxygen atoms in total. The molecule has 4 aromatic rings. The molecule has 0 amide bonds. The first-order valence-corrected chi connectivity index (χ1v) is 9.96. The van der Waals surface area contributed by atoms with Gasteiger partial charge in [-0.2, -0.15) is 5.10 Å². The van der Waals surface area contributed by atoms with Crippen LogP contribution in [-0.4, -0.2) is 32.8 Å². The second kappa shape index (κ2) is 7.44. The molecule has 29 heavy (non-hydrogen) atoms. The average molecular weight is 392 g/mol. The Balaban J connectivity index is 1.53. The van der Waals surface area contributed by atoms with Crippen molar-refractivity contribution in [2.45, 2.75) is 25.4 Å². The van der Waals surface area contributed by atoms with E-state index >= 15 is 0 Å². The number of fused-ring (bicyclic) bond motifs is 3. The van der Waals surface area contributed by atoms with E-state index in [0.717, 1.165) is 43.7 Å². The third kappa shape index (κ3) is 3.34. The van der Waals surface area contributed by atoms with Crippen LogP contribution in [0.3, 0.4) is 0 Å². The summed E-state index contributed by atoms with van der Waals surface area (Å²) in [7, 11) is 0. The summed E-state index contributed by atoms with van der Waals surface area (Å²) in [5.41, 5.74) is 3.60. The Morgan fingerprint density at radius 2 is 1.97 bits per heavy atom. The molecule has 0 radical (unpaired) electrons. The fourth-order valence-electron chi connectivity index (χ4n) is 4.48. The summed E-state index contributed by atoms with van der Waals surface area (Å²) in [5, 5.41) is 5.42. The van der Waals surface area contributed by atoms with E-state index < -0.39 is 5.82 Å². The molecule has 0 fully saturated rings. The van der Waals surface area contributed by atoms with Crippen LogP contribution in [0.5, 0.6) is 0 Å². The molecular weight excluding hydrogens is 370 g/mol. The molecule has 2 aromatic carbocycles. The maximum Gasteiger partial charge on any atom is 0.128 e. The van der Waals surface area contributed by atoms with E-state index in [9.17, 15) is 8.78 Å². The van der Waals surface area contributed by atoms with Gasteiger partial charge in [-0.15, -0.1) is 0 Å². The Hall–Kier alpha value is -2.99. The molecule has 3 heterocycles. The van der Waals surface area contributed by atoms with Crippen LogP contribution in [0.2, 0.25) is 0 Å². The van der Waals surface area contributed by atoms with Crippen molar-refractivity contribution in [1.82, 2.24) is 19.7 Å². The lowest BCUT2D eigenvalue weighted by molar-refractivity contribution is 0.200. The molecule has 1 aliphatic heterocycles. The summed E-state index contributed by atoms with van der Waals surface area (Å²) in [4.78, 5) is 5.75. The lowest BCUT2D eigenvalue weighted by Gasteiger charge is -2.36. The predicted octanol–water partition coefficient (Wildman–Crippen LogP) is 4.68. The van der Waals surface area contributed by atoms with Crippen LogP contribution in [0.25, 0.3) is 10.9 Å². The van der Waals surface area contributed by atoms with Gasteiger partial charge in [0, 0.05) is 54.2 Å². The Kier molecular flexibility index (Phi) is 4.64. The molecule has 0 saturated heterocycles. The predicted molar refractivity (Wildman–Crippen MR) is 109 cm³/mol. The third-order valence-corrected chi connectivity index (χ3v) is 5.78. The van der Waals surface area contributed by atoms with Gasteiger partial charge in [-0.3, -0.25) is 9.58 Å². The van der Waals surface area contributed by atoms with Gasteiger partial charge in [0.15, 0.2) is 0 Å². The highest BCUT2D eigenvalue weighted by atomic mass is 19.1. The number of hydrogen-bond acceptors (Lipinski definition) is 2. The molecule has 148 valence electrons.